The van der Waals surface area contributed by atoms with E-state index in [4.69, 9.17) is 4.74 Å². The molecule has 0 aliphatic rings. The minimum Gasteiger partial charge on any atom is -0.372 e. The van der Waals surface area contributed by atoms with Crippen molar-refractivity contribution in [3.63, 3.8) is 0 Å². The van der Waals surface area contributed by atoms with Crippen LogP contribution in [0.1, 0.15) is 12.5 Å². The van der Waals surface area contributed by atoms with Gasteiger partial charge >= 0.3 is 0 Å². The minimum atomic E-state index is -0.836. The zero-order valence-corrected chi connectivity index (χ0v) is 13.2. The van der Waals surface area contributed by atoms with Crippen LogP contribution in [0.15, 0.2) is 36.9 Å². The van der Waals surface area contributed by atoms with Crippen LogP contribution >= 0.6 is 0 Å². The van der Waals surface area contributed by atoms with Crippen LogP contribution in [-0.2, 0) is 17.4 Å². The summed E-state index contributed by atoms with van der Waals surface area (Å²) < 4.78 is 21.5. The second kappa shape index (κ2) is 5.92. The van der Waals surface area contributed by atoms with Crippen LogP contribution < -0.4 is 5.32 Å². The summed E-state index contributed by atoms with van der Waals surface area (Å²) >= 11 is 0. The third-order valence-electron chi connectivity index (χ3n) is 3.98. The Hall–Kier alpha value is -2.54. The van der Waals surface area contributed by atoms with E-state index in [0.29, 0.717) is 23.4 Å². The normalized spacial score (nSPS) is 13.9. The van der Waals surface area contributed by atoms with E-state index in [9.17, 15) is 4.39 Å². The average molecular weight is 315 g/mol. The van der Waals surface area contributed by atoms with Gasteiger partial charge < -0.3 is 14.6 Å². The van der Waals surface area contributed by atoms with Crippen molar-refractivity contribution in [2.24, 2.45) is 7.05 Å². The molecule has 0 radical (unpaired) electrons. The van der Waals surface area contributed by atoms with Gasteiger partial charge in [-0.15, -0.1) is 0 Å². The number of fused-ring (bicyclic) bond motifs is 1. The molecule has 1 N–H and O–H groups in total. The number of nitrogens with zero attached hydrogens (tertiary/aromatic N) is 4. The maximum atomic E-state index is 14.1. The van der Waals surface area contributed by atoms with E-state index in [1.165, 1.54) is 12.4 Å². The molecular formula is C16H18FN5O. The Balaban J connectivity index is 1.89. The quantitative estimate of drug-likeness (QED) is 0.783. The Morgan fingerprint density at radius 2 is 2.04 bits per heavy atom. The summed E-state index contributed by atoms with van der Waals surface area (Å²) in [5.41, 5.74) is 1.05. The molecule has 0 spiro atoms. The lowest BCUT2D eigenvalue weighted by Gasteiger charge is -2.29. The largest absolute Gasteiger partial charge is 0.372 e. The number of hydrogen-bond acceptors (Lipinski definition) is 5. The molecule has 2 heterocycles. The SMILES string of the molecule is COC(C)(CNc1ncnc2c1ncn2C)c1ccccc1F. The van der Waals surface area contributed by atoms with Crippen molar-refractivity contribution in [1.82, 2.24) is 19.5 Å². The topological polar surface area (TPSA) is 64.9 Å². The summed E-state index contributed by atoms with van der Waals surface area (Å²) in [6.45, 7) is 2.17. The summed E-state index contributed by atoms with van der Waals surface area (Å²) in [7, 11) is 3.43. The molecule has 3 aromatic rings. The van der Waals surface area contributed by atoms with Gasteiger partial charge in [-0.3, -0.25) is 0 Å². The van der Waals surface area contributed by atoms with Gasteiger partial charge in [-0.1, -0.05) is 18.2 Å². The van der Waals surface area contributed by atoms with E-state index < -0.39 is 5.60 Å². The number of hydrogen-bond donors (Lipinski definition) is 1. The molecule has 6 nitrogen and oxygen atoms in total. The molecule has 1 atom stereocenters. The highest BCUT2D eigenvalue weighted by molar-refractivity contribution is 5.82. The smallest absolute Gasteiger partial charge is 0.165 e. The number of imidazole rings is 1. The number of aromatic nitrogens is 4. The van der Waals surface area contributed by atoms with Gasteiger partial charge in [-0.05, 0) is 13.0 Å². The summed E-state index contributed by atoms with van der Waals surface area (Å²) in [5, 5.41) is 3.20. The Morgan fingerprint density at radius 3 is 2.78 bits per heavy atom. The molecule has 2 aromatic heterocycles. The van der Waals surface area contributed by atoms with Gasteiger partial charge in [0.2, 0.25) is 0 Å². The summed E-state index contributed by atoms with van der Waals surface area (Å²) in [4.78, 5) is 12.7. The van der Waals surface area contributed by atoms with E-state index in [0.717, 1.165) is 5.65 Å². The van der Waals surface area contributed by atoms with Crippen molar-refractivity contribution in [3.05, 3.63) is 48.3 Å². The third kappa shape index (κ3) is 2.75. The van der Waals surface area contributed by atoms with E-state index >= 15 is 0 Å². The second-order valence-electron chi connectivity index (χ2n) is 5.52. The Labute approximate surface area is 133 Å². The van der Waals surface area contributed by atoms with Crippen LogP contribution in [0.25, 0.3) is 11.2 Å². The number of methoxy groups -OCH3 is 1. The van der Waals surface area contributed by atoms with Crippen molar-refractivity contribution >= 4 is 17.0 Å². The lowest BCUT2D eigenvalue weighted by Crippen LogP contribution is -2.34. The first-order valence-corrected chi connectivity index (χ1v) is 7.21. The van der Waals surface area contributed by atoms with Crippen molar-refractivity contribution in [2.75, 3.05) is 19.0 Å². The monoisotopic (exact) mass is 315 g/mol. The molecule has 0 bridgehead atoms. The van der Waals surface area contributed by atoms with Crippen molar-refractivity contribution in [3.8, 4) is 0 Å². The molecule has 120 valence electrons. The number of ether oxygens (including phenoxy) is 1. The van der Waals surface area contributed by atoms with E-state index in [-0.39, 0.29) is 5.82 Å². The highest BCUT2D eigenvalue weighted by Gasteiger charge is 2.29. The van der Waals surface area contributed by atoms with Crippen molar-refractivity contribution in [1.29, 1.82) is 0 Å². The maximum Gasteiger partial charge on any atom is 0.165 e. The first-order chi connectivity index (χ1) is 11.0. The Kier molecular flexibility index (Phi) is 3.96. The third-order valence-corrected chi connectivity index (χ3v) is 3.98. The zero-order chi connectivity index (χ0) is 16.4. The molecule has 1 unspecified atom stereocenters. The molecule has 1 aromatic carbocycles. The minimum absolute atomic E-state index is 0.302. The van der Waals surface area contributed by atoms with Gasteiger partial charge in [0.1, 0.15) is 23.3 Å². The van der Waals surface area contributed by atoms with Crippen LogP contribution in [0, 0.1) is 5.82 Å². The Bertz CT molecular complexity index is 834. The molecular weight excluding hydrogens is 297 g/mol. The number of nitrogens with one attached hydrogen (secondary N) is 1. The summed E-state index contributed by atoms with van der Waals surface area (Å²) in [6, 6.07) is 6.59. The number of aryl methyl sites for hydroxylation is 1. The van der Waals surface area contributed by atoms with Gasteiger partial charge in [-0.2, -0.15) is 0 Å². The second-order valence-corrected chi connectivity index (χ2v) is 5.52. The van der Waals surface area contributed by atoms with Gasteiger partial charge in [0.15, 0.2) is 11.5 Å². The van der Waals surface area contributed by atoms with Gasteiger partial charge in [0, 0.05) is 26.3 Å². The van der Waals surface area contributed by atoms with Gasteiger partial charge in [0.25, 0.3) is 0 Å². The number of halogens is 1. The molecule has 3 rings (SSSR count). The van der Waals surface area contributed by atoms with Crippen LogP contribution in [0.4, 0.5) is 10.2 Å². The highest BCUT2D eigenvalue weighted by Crippen LogP contribution is 2.28. The molecule has 0 amide bonds. The molecule has 7 heteroatoms. The van der Waals surface area contributed by atoms with Crippen LogP contribution in [-0.4, -0.2) is 33.2 Å². The van der Waals surface area contributed by atoms with Gasteiger partial charge in [0.05, 0.1) is 6.33 Å². The standard InChI is InChI=1S/C16H18FN5O/c1-16(23-3,11-6-4-5-7-12(11)17)8-18-14-13-15(20-9-19-14)22(2)10-21-13/h4-7,9-10H,8H2,1-3H3,(H,18,19,20). The zero-order valence-electron chi connectivity index (χ0n) is 13.2. The van der Waals surface area contributed by atoms with E-state index in [2.05, 4.69) is 20.3 Å². The number of anilines is 1. The van der Waals surface area contributed by atoms with Crippen molar-refractivity contribution < 1.29 is 9.13 Å². The summed E-state index contributed by atoms with van der Waals surface area (Å²) in [5.74, 6) is 0.291. The molecule has 23 heavy (non-hydrogen) atoms. The van der Waals surface area contributed by atoms with E-state index in [1.807, 2.05) is 18.5 Å². The highest BCUT2D eigenvalue weighted by atomic mass is 19.1. The molecule has 0 saturated carbocycles. The molecule has 0 aliphatic carbocycles. The predicted molar refractivity (Wildman–Crippen MR) is 85.6 cm³/mol. The summed E-state index contributed by atoms with van der Waals surface area (Å²) in [6.07, 6.45) is 3.15. The average Bonchev–Trinajstić information content (AvgIpc) is 2.95. The predicted octanol–water partition coefficient (Wildman–Crippen LogP) is 2.48. The lowest BCUT2D eigenvalue weighted by atomic mass is 9.95. The Morgan fingerprint density at radius 1 is 1.26 bits per heavy atom. The number of rotatable bonds is 5. The number of benzene rings is 1. The van der Waals surface area contributed by atoms with E-state index in [1.54, 1.807) is 31.6 Å². The van der Waals surface area contributed by atoms with Crippen LogP contribution in [0.5, 0.6) is 0 Å². The fraction of sp³-hybridized carbons (Fsp3) is 0.312. The van der Waals surface area contributed by atoms with Crippen molar-refractivity contribution in [2.45, 2.75) is 12.5 Å². The molecule has 0 aliphatic heterocycles. The first-order valence-electron chi connectivity index (χ1n) is 7.21. The van der Waals surface area contributed by atoms with Crippen LogP contribution in [0.3, 0.4) is 0 Å². The van der Waals surface area contributed by atoms with Gasteiger partial charge in [-0.25, -0.2) is 19.3 Å². The molecule has 0 fully saturated rings. The first kappa shape index (κ1) is 15.4. The lowest BCUT2D eigenvalue weighted by molar-refractivity contribution is 0.0108. The fourth-order valence-corrected chi connectivity index (χ4v) is 2.49. The maximum absolute atomic E-state index is 14.1. The fourth-order valence-electron chi connectivity index (χ4n) is 2.49. The van der Waals surface area contributed by atoms with Crippen LogP contribution in [0.2, 0.25) is 0 Å². The molecule has 0 saturated heterocycles.